The molecule has 1 fully saturated rings. The number of hydrogen-bond donors (Lipinski definition) is 0. The van der Waals surface area contributed by atoms with Crippen molar-refractivity contribution in [1.29, 1.82) is 0 Å². The quantitative estimate of drug-likeness (QED) is 0.846. The Morgan fingerprint density at radius 2 is 1.89 bits per heavy atom. The average molecular weight is 277 g/mol. The van der Waals surface area contributed by atoms with Crippen molar-refractivity contribution in [1.82, 2.24) is 4.90 Å². The van der Waals surface area contributed by atoms with Gasteiger partial charge < -0.3 is 0 Å². The van der Waals surface area contributed by atoms with Crippen LogP contribution < -0.4 is 0 Å². The van der Waals surface area contributed by atoms with Crippen molar-refractivity contribution in [3.05, 3.63) is 35.4 Å². The first kappa shape index (κ1) is 13.8. The minimum Gasteiger partial charge on any atom is -0.298 e. The third-order valence-electron chi connectivity index (χ3n) is 2.93. The molecule has 0 radical (unpaired) electrons. The van der Waals surface area contributed by atoms with Gasteiger partial charge in [0, 0.05) is 0 Å². The molecular weight excluding hydrogens is 262 g/mol. The van der Waals surface area contributed by atoms with Gasteiger partial charge in [-0.05, 0) is 25.8 Å². The fourth-order valence-corrected chi connectivity index (χ4v) is 2.96. The molecule has 2 rings (SSSR count). The molecule has 1 aliphatic rings. The number of nitrogens with zero attached hydrogens (tertiary/aromatic N) is 1. The maximum absolute atomic E-state index is 12.1. The van der Waals surface area contributed by atoms with Gasteiger partial charge in [0.05, 0.1) is 11.8 Å². The van der Waals surface area contributed by atoms with Crippen LogP contribution in [0.3, 0.4) is 0 Å². The lowest BCUT2D eigenvalue weighted by Crippen LogP contribution is -2.35. The maximum Gasteiger partial charge on any atom is 0.289 e. The Kier molecular flexibility index (Phi) is 4.04. The summed E-state index contributed by atoms with van der Waals surface area (Å²) in [5.74, 6) is -0.441. The van der Waals surface area contributed by atoms with Gasteiger partial charge in [0.2, 0.25) is 5.91 Å². The van der Waals surface area contributed by atoms with Crippen LogP contribution in [0.15, 0.2) is 24.3 Å². The van der Waals surface area contributed by atoms with Crippen LogP contribution in [0.5, 0.6) is 0 Å². The molecule has 1 aromatic rings. The van der Waals surface area contributed by atoms with E-state index in [1.54, 1.807) is 0 Å². The van der Waals surface area contributed by atoms with Crippen molar-refractivity contribution >= 4 is 28.7 Å². The number of amides is 2. The molecule has 1 heterocycles. The van der Waals surface area contributed by atoms with Crippen LogP contribution in [0.4, 0.5) is 4.79 Å². The Bertz CT molecular complexity index is 524. The molecule has 1 aliphatic heterocycles. The zero-order valence-electron chi connectivity index (χ0n) is 10.9. The summed E-state index contributed by atoms with van der Waals surface area (Å²) in [6.45, 7) is 3.25. The second-order valence-electron chi connectivity index (χ2n) is 4.69. The van der Waals surface area contributed by atoms with Gasteiger partial charge in [-0.25, -0.2) is 0 Å². The molecule has 1 saturated heterocycles. The third kappa shape index (κ3) is 3.23. The fourth-order valence-electron chi connectivity index (χ4n) is 1.93. The summed E-state index contributed by atoms with van der Waals surface area (Å²) in [6, 6.07) is 7.88. The number of Topliss-reactive ketones (excluding diaryl/α,β-unsaturated/α-hetero) is 1. The van der Waals surface area contributed by atoms with Crippen molar-refractivity contribution in [2.24, 2.45) is 0 Å². The van der Waals surface area contributed by atoms with Gasteiger partial charge in [-0.1, -0.05) is 41.6 Å². The predicted molar refractivity (Wildman–Crippen MR) is 74.1 cm³/mol. The van der Waals surface area contributed by atoms with Gasteiger partial charge in [0.1, 0.15) is 5.78 Å². The van der Waals surface area contributed by atoms with Crippen LogP contribution in [0, 0.1) is 6.92 Å². The standard InChI is InChI=1S/C14H15NO3S/c1-9-3-5-11(6-4-9)7-12-13(17)15(8-10(2)16)14(18)19-12/h3-6,12H,7-8H2,1-2H3. The number of aryl methyl sites for hydroxylation is 1. The maximum atomic E-state index is 12.1. The average Bonchev–Trinajstić information content (AvgIpc) is 2.60. The topological polar surface area (TPSA) is 54.5 Å². The van der Waals surface area contributed by atoms with E-state index in [0.29, 0.717) is 6.42 Å². The summed E-state index contributed by atoms with van der Waals surface area (Å²) >= 11 is 1.01. The van der Waals surface area contributed by atoms with Gasteiger partial charge in [-0.15, -0.1) is 0 Å². The lowest BCUT2D eigenvalue weighted by molar-refractivity contribution is -0.130. The van der Waals surface area contributed by atoms with Crippen molar-refractivity contribution in [2.75, 3.05) is 6.54 Å². The number of benzene rings is 1. The highest BCUT2D eigenvalue weighted by Crippen LogP contribution is 2.29. The first-order valence-corrected chi connectivity index (χ1v) is 6.92. The van der Waals surface area contributed by atoms with Crippen molar-refractivity contribution < 1.29 is 14.4 Å². The molecule has 19 heavy (non-hydrogen) atoms. The lowest BCUT2D eigenvalue weighted by Gasteiger charge is -2.11. The number of rotatable bonds is 4. The molecule has 4 nitrogen and oxygen atoms in total. The SMILES string of the molecule is CC(=O)CN1C(=O)SC(Cc2ccc(C)cc2)C1=O. The first-order valence-electron chi connectivity index (χ1n) is 6.04. The van der Waals surface area contributed by atoms with E-state index in [-0.39, 0.29) is 23.5 Å². The van der Waals surface area contributed by atoms with Crippen molar-refractivity contribution in [3.8, 4) is 0 Å². The van der Waals surface area contributed by atoms with Crippen LogP contribution in [0.2, 0.25) is 0 Å². The number of carbonyl (C=O) groups excluding carboxylic acids is 3. The van der Waals surface area contributed by atoms with Crippen LogP contribution >= 0.6 is 11.8 Å². The van der Waals surface area contributed by atoms with Gasteiger partial charge in [0.25, 0.3) is 5.24 Å². The molecule has 0 aromatic heterocycles. The van der Waals surface area contributed by atoms with E-state index in [9.17, 15) is 14.4 Å². The largest absolute Gasteiger partial charge is 0.298 e. The molecule has 2 amide bonds. The van der Waals surface area contributed by atoms with E-state index < -0.39 is 5.25 Å². The monoisotopic (exact) mass is 277 g/mol. The van der Waals surface area contributed by atoms with Crippen LogP contribution in [-0.4, -0.2) is 33.6 Å². The molecule has 0 aliphatic carbocycles. The number of hydrogen-bond acceptors (Lipinski definition) is 4. The second-order valence-corrected chi connectivity index (χ2v) is 5.84. The van der Waals surface area contributed by atoms with Crippen LogP contribution in [0.1, 0.15) is 18.1 Å². The number of thioether (sulfide) groups is 1. The minimum atomic E-state index is -0.408. The van der Waals surface area contributed by atoms with Crippen molar-refractivity contribution in [2.45, 2.75) is 25.5 Å². The summed E-state index contributed by atoms with van der Waals surface area (Å²) in [5.41, 5.74) is 2.18. The van der Waals surface area contributed by atoms with E-state index in [2.05, 4.69) is 0 Å². The lowest BCUT2D eigenvalue weighted by atomic mass is 10.1. The Morgan fingerprint density at radius 3 is 2.47 bits per heavy atom. The summed E-state index contributed by atoms with van der Waals surface area (Å²) in [7, 11) is 0. The summed E-state index contributed by atoms with van der Waals surface area (Å²) in [5, 5.41) is -0.730. The highest BCUT2D eigenvalue weighted by atomic mass is 32.2. The Balaban J connectivity index is 2.06. The van der Waals surface area contributed by atoms with Gasteiger partial charge in [0.15, 0.2) is 0 Å². The van der Waals surface area contributed by atoms with E-state index in [1.807, 2.05) is 31.2 Å². The molecule has 1 unspecified atom stereocenters. The Labute approximate surface area is 116 Å². The minimum absolute atomic E-state index is 0.116. The number of carbonyl (C=O) groups is 3. The van der Waals surface area contributed by atoms with Gasteiger partial charge in [-0.3, -0.25) is 19.3 Å². The third-order valence-corrected chi connectivity index (χ3v) is 4.00. The molecule has 1 atom stereocenters. The zero-order chi connectivity index (χ0) is 14.0. The highest BCUT2D eigenvalue weighted by Gasteiger charge is 2.39. The van der Waals surface area contributed by atoms with Crippen molar-refractivity contribution in [3.63, 3.8) is 0 Å². The summed E-state index contributed by atoms with van der Waals surface area (Å²) in [4.78, 5) is 35.8. The highest BCUT2D eigenvalue weighted by molar-refractivity contribution is 8.15. The number of imide groups is 1. The van der Waals surface area contributed by atoms with E-state index in [4.69, 9.17) is 0 Å². The van der Waals surface area contributed by atoms with Crippen LogP contribution in [0.25, 0.3) is 0 Å². The molecule has 0 spiro atoms. The molecule has 0 N–H and O–H groups in total. The number of ketones is 1. The Morgan fingerprint density at radius 1 is 1.26 bits per heavy atom. The predicted octanol–water partition coefficient (Wildman–Crippen LogP) is 2.19. The molecule has 0 bridgehead atoms. The van der Waals surface area contributed by atoms with E-state index >= 15 is 0 Å². The van der Waals surface area contributed by atoms with Crippen LogP contribution in [-0.2, 0) is 16.0 Å². The molecule has 0 saturated carbocycles. The molecular formula is C14H15NO3S. The molecule has 1 aromatic carbocycles. The first-order chi connectivity index (χ1) is 8.97. The summed E-state index contributed by atoms with van der Waals surface area (Å²) < 4.78 is 0. The fraction of sp³-hybridized carbons (Fsp3) is 0.357. The summed E-state index contributed by atoms with van der Waals surface area (Å²) in [6.07, 6.45) is 0.518. The second kappa shape index (κ2) is 5.57. The normalized spacial score (nSPS) is 19.1. The van der Waals surface area contributed by atoms with Gasteiger partial charge >= 0.3 is 0 Å². The zero-order valence-corrected chi connectivity index (χ0v) is 11.7. The molecule has 5 heteroatoms. The van der Waals surface area contributed by atoms with E-state index in [0.717, 1.165) is 27.8 Å². The van der Waals surface area contributed by atoms with E-state index in [1.165, 1.54) is 6.92 Å². The van der Waals surface area contributed by atoms with Gasteiger partial charge in [-0.2, -0.15) is 0 Å². The Hall–Kier alpha value is -1.62. The molecule has 100 valence electrons. The smallest absolute Gasteiger partial charge is 0.289 e.